The van der Waals surface area contributed by atoms with Crippen LogP contribution in [0.5, 0.6) is 11.5 Å². The molecule has 2 aromatic carbocycles. The monoisotopic (exact) mass is 454 g/mol. The van der Waals surface area contributed by atoms with Crippen LogP contribution in [-0.4, -0.2) is 56.2 Å². The van der Waals surface area contributed by atoms with E-state index in [1.165, 1.54) is 0 Å². The third kappa shape index (κ3) is 7.68. The Hall–Kier alpha value is -3.26. The van der Waals surface area contributed by atoms with Crippen molar-refractivity contribution in [1.82, 2.24) is 15.5 Å². The zero-order valence-electron chi connectivity index (χ0n) is 19.6. The molecule has 1 saturated carbocycles. The molecule has 33 heavy (non-hydrogen) atoms. The summed E-state index contributed by atoms with van der Waals surface area (Å²) in [5.74, 6) is 1.14. The first-order valence-corrected chi connectivity index (χ1v) is 11.5. The number of nitrogens with one attached hydrogen (secondary N) is 3. The van der Waals surface area contributed by atoms with Gasteiger partial charge >= 0.3 is 6.03 Å². The Morgan fingerprint density at radius 1 is 1.03 bits per heavy atom. The van der Waals surface area contributed by atoms with E-state index in [1.54, 1.807) is 31.4 Å². The first-order valence-electron chi connectivity index (χ1n) is 11.5. The van der Waals surface area contributed by atoms with Gasteiger partial charge in [0.25, 0.3) is 5.91 Å². The number of ether oxygens (including phenoxy) is 2. The van der Waals surface area contributed by atoms with Gasteiger partial charge in [0, 0.05) is 30.4 Å². The Morgan fingerprint density at radius 2 is 1.76 bits per heavy atom. The number of carbonyl (C=O) groups excluding carboxylic acids is 2. The molecule has 0 aliphatic heterocycles. The summed E-state index contributed by atoms with van der Waals surface area (Å²) in [4.78, 5) is 26.6. The normalized spacial score (nSPS) is 12.8. The van der Waals surface area contributed by atoms with Crippen LogP contribution in [-0.2, 0) is 6.54 Å². The maximum atomic E-state index is 12.5. The molecule has 0 aromatic heterocycles. The Kier molecular flexibility index (Phi) is 8.95. The standard InChI is InChI=1S/C25H34N4O4/c1-4-29(5-2)14-15-33-22-13-6-18(16-23(22)32-3)17-26-24(30)19-7-9-20(10-8-19)27-25(31)28-21-11-12-21/h6-10,13,16,21H,4-5,11-12,14-15,17H2,1-3H3,(H,26,30)(H2,27,28,31). The molecule has 3 rings (SSSR count). The van der Waals surface area contributed by atoms with Crippen LogP contribution >= 0.6 is 0 Å². The number of amides is 3. The van der Waals surface area contributed by atoms with E-state index >= 15 is 0 Å². The van der Waals surface area contributed by atoms with Gasteiger partial charge in [-0.3, -0.25) is 4.79 Å². The van der Waals surface area contributed by atoms with Gasteiger partial charge < -0.3 is 30.3 Å². The van der Waals surface area contributed by atoms with Gasteiger partial charge in [-0.1, -0.05) is 19.9 Å². The molecular weight excluding hydrogens is 420 g/mol. The van der Waals surface area contributed by atoms with Crippen LogP contribution in [0.25, 0.3) is 0 Å². The summed E-state index contributed by atoms with van der Waals surface area (Å²) >= 11 is 0. The second-order valence-electron chi connectivity index (χ2n) is 7.99. The van der Waals surface area contributed by atoms with Crippen molar-refractivity contribution in [2.24, 2.45) is 0 Å². The van der Waals surface area contributed by atoms with Crippen LogP contribution in [0.3, 0.4) is 0 Å². The highest BCUT2D eigenvalue weighted by atomic mass is 16.5. The van der Waals surface area contributed by atoms with Gasteiger partial charge in [0.15, 0.2) is 11.5 Å². The lowest BCUT2D eigenvalue weighted by molar-refractivity contribution is 0.0951. The number of urea groups is 1. The Balaban J connectivity index is 1.49. The number of anilines is 1. The van der Waals surface area contributed by atoms with Crippen LogP contribution in [0.4, 0.5) is 10.5 Å². The molecule has 0 bridgehead atoms. The number of nitrogens with zero attached hydrogens (tertiary/aromatic N) is 1. The number of hydrogen-bond donors (Lipinski definition) is 3. The van der Waals surface area contributed by atoms with Gasteiger partial charge in [0.05, 0.1) is 7.11 Å². The van der Waals surface area contributed by atoms with Crippen molar-refractivity contribution >= 4 is 17.6 Å². The van der Waals surface area contributed by atoms with Crippen LogP contribution in [0, 0.1) is 0 Å². The Labute approximate surface area is 195 Å². The smallest absolute Gasteiger partial charge is 0.319 e. The summed E-state index contributed by atoms with van der Waals surface area (Å²) in [6.45, 7) is 8.04. The SMILES string of the molecule is CCN(CC)CCOc1ccc(CNC(=O)c2ccc(NC(=O)NC3CC3)cc2)cc1OC. The number of hydrogen-bond acceptors (Lipinski definition) is 5. The zero-order chi connectivity index (χ0) is 23.6. The molecule has 178 valence electrons. The minimum atomic E-state index is -0.218. The third-order valence-corrected chi connectivity index (χ3v) is 5.56. The van der Waals surface area contributed by atoms with Crippen molar-refractivity contribution < 1.29 is 19.1 Å². The number of methoxy groups -OCH3 is 1. The first kappa shape index (κ1) is 24.4. The Morgan fingerprint density at radius 3 is 2.39 bits per heavy atom. The van der Waals surface area contributed by atoms with Crippen molar-refractivity contribution in [1.29, 1.82) is 0 Å². The summed E-state index contributed by atoms with van der Waals surface area (Å²) in [6.07, 6.45) is 2.07. The number of benzene rings is 2. The van der Waals surface area contributed by atoms with Crippen molar-refractivity contribution in [2.45, 2.75) is 39.3 Å². The predicted octanol–water partition coefficient (Wildman–Crippen LogP) is 3.63. The maximum absolute atomic E-state index is 12.5. The lowest BCUT2D eigenvalue weighted by Crippen LogP contribution is -2.30. The molecule has 3 N–H and O–H groups in total. The summed E-state index contributed by atoms with van der Waals surface area (Å²) in [5, 5.41) is 8.55. The van der Waals surface area contributed by atoms with Crippen LogP contribution in [0.1, 0.15) is 42.6 Å². The van der Waals surface area contributed by atoms with E-state index in [2.05, 4.69) is 34.7 Å². The van der Waals surface area contributed by atoms with E-state index in [0.717, 1.165) is 38.0 Å². The number of likely N-dealkylation sites (N-methyl/N-ethyl adjacent to an activating group) is 1. The molecule has 8 nitrogen and oxygen atoms in total. The third-order valence-electron chi connectivity index (χ3n) is 5.56. The van der Waals surface area contributed by atoms with Crippen molar-refractivity contribution in [3.8, 4) is 11.5 Å². The van der Waals surface area contributed by atoms with E-state index in [-0.39, 0.29) is 11.9 Å². The van der Waals surface area contributed by atoms with Gasteiger partial charge in [-0.05, 0) is 67.9 Å². The topological polar surface area (TPSA) is 91.9 Å². The molecule has 0 spiro atoms. The van der Waals surface area contributed by atoms with Crippen LogP contribution < -0.4 is 25.4 Å². The molecule has 0 saturated heterocycles. The van der Waals surface area contributed by atoms with Gasteiger partial charge in [0.2, 0.25) is 0 Å². The van der Waals surface area contributed by atoms with E-state index < -0.39 is 0 Å². The zero-order valence-corrected chi connectivity index (χ0v) is 19.6. The molecular formula is C25H34N4O4. The second kappa shape index (κ2) is 12.1. The van der Waals surface area contributed by atoms with Crippen LogP contribution in [0.2, 0.25) is 0 Å². The van der Waals surface area contributed by atoms with Crippen molar-refractivity contribution in [2.75, 3.05) is 38.7 Å². The predicted molar refractivity (Wildman–Crippen MR) is 129 cm³/mol. The fraction of sp³-hybridized carbons (Fsp3) is 0.440. The molecule has 3 amide bonds. The first-order chi connectivity index (χ1) is 16.0. The largest absolute Gasteiger partial charge is 0.493 e. The van der Waals surface area contributed by atoms with E-state index in [4.69, 9.17) is 9.47 Å². The highest BCUT2D eigenvalue weighted by molar-refractivity contribution is 5.95. The molecule has 8 heteroatoms. The lowest BCUT2D eigenvalue weighted by atomic mass is 10.1. The average molecular weight is 455 g/mol. The quantitative estimate of drug-likeness (QED) is 0.456. The molecule has 0 heterocycles. The van der Waals surface area contributed by atoms with Gasteiger partial charge in [-0.15, -0.1) is 0 Å². The summed E-state index contributed by atoms with van der Waals surface area (Å²) < 4.78 is 11.4. The summed E-state index contributed by atoms with van der Waals surface area (Å²) in [5.41, 5.74) is 2.07. The van der Waals surface area contributed by atoms with E-state index in [9.17, 15) is 9.59 Å². The Bertz CT molecular complexity index is 925. The molecule has 1 aliphatic rings. The highest BCUT2D eigenvalue weighted by Crippen LogP contribution is 2.28. The molecule has 0 atom stereocenters. The highest BCUT2D eigenvalue weighted by Gasteiger charge is 2.23. The van der Waals surface area contributed by atoms with Crippen molar-refractivity contribution in [3.05, 3.63) is 53.6 Å². The van der Waals surface area contributed by atoms with E-state index in [0.29, 0.717) is 41.9 Å². The molecule has 0 unspecified atom stereocenters. The average Bonchev–Trinajstić information content (AvgIpc) is 3.65. The molecule has 0 radical (unpaired) electrons. The van der Waals surface area contributed by atoms with E-state index in [1.807, 2.05) is 18.2 Å². The maximum Gasteiger partial charge on any atom is 0.319 e. The summed E-state index contributed by atoms with van der Waals surface area (Å²) in [6, 6.07) is 12.6. The van der Waals surface area contributed by atoms with Gasteiger partial charge in [-0.25, -0.2) is 4.79 Å². The lowest BCUT2D eigenvalue weighted by Gasteiger charge is -2.19. The summed E-state index contributed by atoms with van der Waals surface area (Å²) in [7, 11) is 1.61. The van der Waals surface area contributed by atoms with Gasteiger partial charge in [0.1, 0.15) is 6.61 Å². The molecule has 2 aromatic rings. The van der Waals surface area contributed by atoms with Crippen LogP contribution in [0.15, 0.2) is 42.5 Å². The van der Waals surface area contributed by atoms with Gasteiger partial charge in [-0.2, -0.15) is 0 Å². The molecule has 1 aliphatic carbocycles. The number of carbonyl (C=O) groups is 2. The minimum absolute atomic E-state index is 0.192. The minimum Gasteiger partial charge on any atom is -0.493 e. The second-order valence-corrected chi connectivity index (χ2v) is 7.99. The fourth-order valence-electron chi connectivity index (χ4n) is 3.34. The number of rotatable bonds is 12. The van der Waals surface area contributed by atoms with Crippen molar-refractivity contribution in [3.63, 3.8) is 0 Å². The molecule has 1 fully saturated rings. The fourth-order valence-corrected chi connectivity index (χ4v) is 3.34.